The maximum atomic E-state index is 12.2. The number of esters is 1. The van der Waals surface area contributed by atoms with Crippen LogP contribution in [0.4, 0.5) is 0 Å². The fourth-order valence-electron chi connectivity index (χ4n) is 5.77. The molecule has 0 radical (unpaired) electrons. The Labute approximate surface area is 305 Å². The first-order valence-electron chi connectivity index (χ1n) is 20.9. The van der Waals surface area contributed by atoms with E-state index in [1.165, 1.54) is 109 Å². The molecule has 0 saturated heterocycles. The summed E-state index contributed by atoms with van der Waals surface area (Å²) in [5.74, 6) is -0.215. The van der Waals surface area contributed by atoms with Gasteiger partial charge in [0.25, 0.3) is 0 Å². The summed E-state index contributed by atoms with van der Waals surface area (Å²) in [7, 11) is 0. The van der Waals surface area contributed by atoms with E-state index in [0.29, 0.717) is 13.0 Å². The highest BCUT2D eigenvalue weighted by atomic mass is 16.6. The Hall–Kier alpha value is -1.91. The van der Waals surface area contributed by atoms with E-state index >= 15 is 0 Å². The Morgan fingerprint density at radius 3 is 1.35 bits per heavy atom. The molecule has 4 heteroatoms. The molecule has 0 bridgehead atoms. The number of allylic oxidation sites excluding steroid dienone is 10. The van der Waals surface area contributed by atoms with Crippen LogP contribution < -0.4 is 0 Å². The monoisotopic (exact) mass is 685 g/mol. The molecule has 0 heterocycles. The van der Waals surface area contributed by atoms with Gasteiger partial charge in [-0.05, 0) is 57.8 Å². The van der Waals surface area contributed by atoms with Gasteiger partial charge in [0.1, 0.15) is 6.10 Å². The van der Waals surface area contributed by atoms with Gasteiger partial charge >= 0.3 is 5.97 Å². The molecule has 0 aliphatic carbocycles. The summed E-state index contributed by atoms with van der Waals surface area (Å²) in [5.41, 5.74) is 0. The number of aliphatic hydroxyl groups excluding tert-OH is 1. The molecule has 0 aromatic heterocycles. The normalized spacial score (nSPS) is 13.0. The number of hydrogen-bond acceptors (Lipinski definition) is 4. The van der Waals surface area contributed by atoms with Crippen LogP contribution in [0.25, 0.3) is 0 Å². The number of carbonyl (C=O) groups excluding carboxylic acids is 1. The van der Waals surface area contributed by atoms with Crippen molar-refractivity contribution in [1.82, 2.24) is 0 Å². The maximum absolute atomic E-state index is 12.2. The molecule has 0 amide bonds. The van der Waals surface area contributed by atoms with E-state index in [1.807, 2.05) is 0 Å². The second kappa shape index (κ2) is 42.3. The van der Waals surface area contributed by atoms with Crippen molar-refractivity contribution in [3.63, 3.8) is 0 Å². The van der Waals surface area contributed by atoms with Gasteiger partial charge in [-0.25, -0.2) is 0 Å². The van der Waals surface area contributed by atoms with Crippen LogP contribution in [0.3, 0.4) is 0 Å². The Morgan fingerprint density at radius 2 is 0.918 bits per heavy atom. The SMILES string of the molecule is CC/C=C\C/C=C\C/C=C\C/C=C\C/C=C\CCCCOCC(CO)OC(=O)CCCCCCCCCCCCCCCCCCCCC. The van der Waals surface area contributed by atoms with Crippen LogP contribution in [0.1, 0.15) is 194 Å². The van der Waals surface area contributed by atoms with Crippen molar-refractivity contribution in [2.24, 2.45) is 0 Å². The zero-order valence-electron chi connectivity index (χ0n) is 32.4. The molecule has 0 rings (SSSR count). The van der Waals surface area contributed by atoms with E-state index < -0.39 is 6.10 Å². The number of aliphatic hydroxyl groups is 1. The fourth-order valence-corrected chi connectivity index (χ4v) is 5.77. The summed E-state index contributed by atoms with van der Waals surface area (Å²) in [6.07, 6.45) is 55.7. The predicted molar refractivity (Wildman–Crippen MR) is 214 cm³/mol. The summed E-state index contributed by atoms with van der Waals surface area (Å²) in [5, 5.41) is 9.59. The average Bonchev–Trinajstić information content (AvgIpc) is 3.11. The Kier molecular flexibility index (Phi) is 40.6. The summed E-state index contributed by atoms with van der Waals surface area (Å²) in [6.45, 7) is 5.14. The molecule has 1 N–H and O–H groups in total. The molecule has 0 spiro atoms. The Bertz CT molecular complexity index is 809. The van der Waals surface area contributed by atoms with Gasteiger partial charge in [-0.2, -0.15) is 0 Å². The van der Waals surface area contributed by atoms with Crippen LogP contribution in [0.2, 0.25) is 0 Å². The first-order valence-corrected chi connectivity index (χ1v) is 20.9. The third kappa shape index (κ3) is 40.4. The van der Waals surface area contributed by atoms with Gasteiger partial charge in [0.2, 0.25) is 0 Å². The molecule has 0 aliphatic rings. The average molecular weight is 685 g/mol. The lowest BCUT2D eigenvalue weighted by Gasteiger charge is -2.15. The zero-order valence-corrected chi connectivity index (χ0v) is 32.4. The van der Waals surface area contributed by atoms with E-state index in [4.69, 9.17) is 9.47 Å². The van der Waals surface area contributed by atoms with Gasteiger partial charge in [-0.15, -0.1) is 0 Å². The standard InChI is InChI=1S/C45H80O4/c1-3-5-7-9-11-13-15-17-19-21-23-24-26-28-30-32-34-36-38-40-45(47)49-44(42-46)43-48-41-39-37-35-33-31-29-27-25-22-20-18-16-14-12-10-8-6-4-2/h6,8,12,14,18,20,25,27,31,33,44,46H,3-5,7,9-11,13,15-17,19,21-24,26,28-30,32,34-43H2,1-2H3/b8-6-,14-12-,20-18-,27-25-,33-31-. The third-order valence-corrected chi connectivity index (χ3v) is 8.86. The van der Waals surface area contributed by atoms with Crippen molar-refractivity contribution >= 4 is 5.97 Å². The highest BCUT2D eigenvalue weighted by Crippen LogP contribution is 2.15. The van der Waals surface area contributed by atoms with Crippen molar-refractivity contribution < 1.29 is 19.4 Å². The van der Waals surface area contributed by atoms with Crippen molar-refractivity contribution in [3.05, 3.63) is 60.8 Å². The lowest BCUT2D eigenvalue weighted by molar-refractivity contribution is -0.154. The van der Waals surface area contributed by atoms with Crippen molar-refractivity contribution in [3.8, 4) is 0 Å². The van der Waals surface area contributed by atoms with E-state index in [9.17, 15) is 9.90 Å². The molecular formula is C45H80O4. The molecule has 1 unspecified atom stereocenters. The van der Waals surface area contributed by atoms with Crippen LogP contribution in [0, 0.1) is 0 Å². The minimum Gasteiger partial charge on any atom is -0.457 e. The highest BCUT2D eigenvalue weighted by molar-refractivity contribution is 5.69. The first kappa shape index (κ1) is 47.1. The molecule has 0 fully saturated rings. The molecule has 49 heavy (non-hydrogen) atoms. The minimum atomic E-state index is -0.557. The van der Waals surface area contributed by atoms with E-state index in [1.54, 1.807) is 0 Å². The number of rotatable bonds is 38. The number of unbranched alkanes of at least 4 members (excludes halogenated alkanes) is 20. The van der Waals surface area contributed by atoms with Gasteiger partial charge in [0.15, 0.2) is 0 Å². The summed E-state index contributed by atoms with van der Waals surface area (Å²) in [4.78, 5) is 12.2. The van der Waals surface area contributed by atoms with Crippen molar-refractivity contribution in [2.45, 2.75) is 200 Å². The number of hydrogen-bond donors (Lipinski definition) is 1. The fraction of sp³-hybridized carbons (Fsp3) is 0.756. The molecule has 4 nitrogen and oxygen atoms in total. The van der Waals surface area contributed by atoms with E-state index in [0.717, 1.165) is 64.2 Å². The number of carbonyl (C=O) groups is 1. The van der Waals surface area contributed by atoms with Crippen LogP contribution in [0.15, 0.2) is 60.8 Å². The second-order valence-corrected chi connectivity index (χ2v) is 13.7. The maximum Gasteiger partial charge on any atom is 0.306 e. The van der Waals surface area contributed by atoms with Crippen LogP contribution >= 0.6 is 0 Å². The van der Waals surface area contributed by atoms with Crippen LogP contribution in [-0.2, 0) is 14.3 Å². The zero-order chi connectivity index (χ0) is 35.6. The largest absolute Gasteiger partial charge is 0.457 e. The molecule has 0 saturated carbocycles. The third-order valence-electron chi connectivity index (χ3n) is 8.86. The van der Waals surface area contributed by atoms with Gasteiger partial charge in [0, 0.05) is 13.0 Å². The van der Waals surface area contributed by atoms with Gasteiger partial charge in [0.05, 0.1) is 13.2 Å². The molecule has 0 aromatic rings. The second-order valence-electron chi connectivity index (χ2n) is 13.7. The Morgan fingerprint density at radius 1 is 0.510 bits per heavy atom. The molecule has 284 valence electrons. The summed E-state index contributed by atoms with van der Waals surface area (Å²) < 4.78 is 11.1. The Balaban J connectivity index is 3.50. The minimum absolute atomic E-state index is 0.190. The summed E-state index contributed by atoms with van der Waals surface area (Å²) in [6, 6.07) is 0. The van der Waals surface area contributed by atoms with Crippen LogP contribution in [0.5, 0.6) is 0 Å². The summed E-state index contributed by atoms with van der Waals surface area (Å²) >= 11 is 0. The van der Waals surface area contributed by atoms with Gasteiger partial charge in [-0.1, -0.05) is 190 Å². The number of ether oxygens (including phenoxy) is 2. The lowest BCUT2D eigenvalue weighted by Crippen LogP contribution is -2.27. The van der Waals surface area contributed by atoms with Crippen LogP contribution in [-0.4, -0.2) is 37.0 Å². The molecule has 0 aliphatic heterocycles. The van der Waals surface area contributed by atoms with E-state index in [2.05, 4.69) is 74.6 Å². The smallest absolute Gasteiger partial charge is 0.306 e. The molecular weight excluding hydrogens is 604 g/mol. The quantitative estimate of drug-likeness (QED) is 0.0399. The predicted octanol–water partition coefficient (Wildman–Crippen LogP) is 13.7. The molecule has 1 atom stereocenters. The highest BCUT2D eigenvalue weighted by Gasteiger charge is 2.13. The van der Waals surface area contributed by atoms with Crippen molar-refractivity contribution in [1.29, 1.82) is 0 Å². The lowest BCUT2D eigenvalue weighted by atomic mass is 10.0. The first-order chi connectivity index (χ1) is 24.2. The molecule has 0 aromatic carbocycles. The van der Waals surface area contributed by atoms with Gasteiger partial charge < -0.3 is 14.6 Å². The van der Waals surface area contributed by atoms with Crippen molar-refractivity contribution in [2.75, 3.05) is 19.8 Å². The van der Waals surface area contributed by atoms with Gasteiger partial charge in [-0.3, -0.25) is 4.79 Å². The topological polar surface area (TPSA) is 55.8 Å². The van der Waals surface area contributed by atoms with E-state index in [-0.39, 0.29) is 19.2 Å².